The zero-order valence-electron chi connectivity index (χ0n) is 18.5. The number of aliphatic hydroxyl groups is 1. The van der Waals surface area contributed by atoms with Gasteiger partial charge in [0.05, 0.1) is 0 Å². The molecule has 1 fully saturated rings. The maximum absolute atomic E-state index is 14.5. The van der Waals surface area contributed by atoms with Crippen LogP contribution in [-0.2, 0) is 9.47 Å². The molecule has 0 radical (unpaired) electrons. The topological polar surface area (TPSA) is 38.7 Å². The van der Waals surface area contributed by atoms with Crippen LogP contribution in [0.1, 0.15) is 0 Å². The molecule has 2 atom stereocenters. The summed E-state index contributed by atoms with van der Waals surface area (Å²) >= 11 is 0. The van der Waals surface area contributed by atoms with Crippen molar-refractivity contribution in [2.75, 3.05) is 0 Å². The van der Waals surface area contributed by atoms with Crippen LogP contribution in [0.3, 0.4) is 0 Å². The van der Waals surface area contributed by atoms with Crippen molar-refractivity contribution >= 4 is 29.6 Å². The molecule has 0 aromatic heterocycles. The van der Waals surface area contributed by atoms with Crippen molar-refractivity contribution in [1.82, 2.24) is 0 Å². The van der Waals surface area contributed by atoms with Crippen molar-refractivity contribution in [2.45, 2.75) is 83.6 Å². The van der Waals surface area contributed by atoms with Crippen molar-refractivity contribution in [1.29, 1.82) is 0 Å². The molecule has 3 nitrogen and oxygen atoms in total. The summed E-state index contributed by atoms with van der Waals surface area (Å²) in [4.78, 5) is 0. The summed E-state index contributed by atoms with van der Waals surface area (Å²) in [5.74, 6) is -90.0. The van der Waals surface area contributed by atoms with Crippen LogP contribution in [-0.4, -0.2) is 118 Å². The molecule has 1 N–H and O–H groups in total. The minimum atomic E-state index is -9.31. The number of rotatable bonds is 9. The summed E-state index contributed by atoms with van der Waals surface area (Å²) in [6.45, 7) is 0. The van der Waals surface area contributed by atoms with Crippen LogP contribution >= 0.6 is 0 Å². The number of hydrogen-bond donors (Lipinski definition) is 1. The summed E-state index contributed by atoms with van der Waals surface area (Å²) in [6.07, 6.45) is -33.1. The van der Waals surface area contributed by atoms with Gasteiger partial charge in [0.15, 0.2) is 0 Å². The van der Waals surface area contributed by atoms with E-state index in [1.54, 1.807) is 0 Å². The van der Waals surface area contributed by atoms with Gasteiger partial charge in [-0.05, 0) is 0 Å². The van der Waals surface area contributed by atoms with Gasteiger partial charge in [-0.15, -0.1) is 0 Å². The van der Waals surface area contributed by atoms with Crippen LogP contribution in [0, 0.1) is 0 Å². The van der Waals surface area contributed by atoms with Gasteiger partial charge in [0.2, 0.25) is 0 Å². The van der Waals surface area contributed by atoms with Crippen molar-refractivity contribution in [2.24, 2.45) is 0 Å². The van der Waals surface area contributed by atoms with Crippen LogP contribution in [0.4, 0.5) is 119 Å². The SMILES string of the molecule is OC(F)(F)C1(C(F)(F)C(F)(F)C(F)(F)C(F)(F)C(F)(F)F)OC(F)(F)C(F)(C(F)(F)C(F)(F)C(F)(F)C(F)(F)C(F)(F)F)O1.[NaH]. The fourth-order valence-electron chi connectivity index (χ4n) is 2.76. The predicted octanol–water partition coefficient (Wildman–Crippen LogP) is 7.13. The van der Waals surface area contributed by atoms with Crippen LogP contribution in [0.2, 0.25) is 0 Å². The molecule has 0 spiro atoms. The molecule has 1 heterocycles. The first kappa shape index (κ1) is 44.0. The fraction of sp³-hybridized carbons (Fsp3) is 1.00. The second-order valence-corrected chi connectivity index (χ2v) is 8.06. The van der Waals surface area contributed by atoms with E-state index in [1.807, 2.05) is 0 Å². The van der Waals surface area contributed by atoms with Gasteiger partial charge in [-0.3, -0.25) is 9.47 Å². The monoisotopic (exact) mass is 754 g/mol. The second-order valence-electron chi connectivity index (χ2n) is 8.06. The molecule has 1 rings (SSSR count). The van der Waals surface area contributed by atoms with Gasteiger partial charge in [-0.1, -0.05) is 0 Å². The minimum absolute atomic E-state index is 0. The zero-order chi connectivity index (χ0) is 36.4. The molecule has 0 amide bonds. The van der Waals surface area contributed by atoms with Gasteiger partial charge < -0.3 is 5.11 Å². The Hall–Kier alpha value is -1.01. The van der Waals surface area contributed by atoms with Crippen molar-refractivity contribution in [3.05, 3.63) is 0 Å². The Morgan fingerprint density at radius 1 is 0.378 bits per heavy atom. The molecule has 45 heavy (non-hydrogen) atoms. The van der Waals surface area contributed by atoms with Crippen molar-refractivity contribution in [3.8, 4) is 0 Å². The summed E-state index contributed by atoms with van der Waals surface area (Å²) in [5.41, 5.74) is 0. The molecular formula is C14H2F27NaO3. The molecule has 2 unspecified atom stereocenters. The molecule has 0 aromatic rings. The molecule has 1 saturated heterocycles. The van der Waals surface area contributed by atoms with E-state index in [1.165, 1.54) is 9.47 Å². The zero-order valence-corrected chi connectivity index (χ0v) is 18.5. The Morgan fingerprint density at radius 2 is 0.644 bits per heavy atom. The van der Waals surface area contributed by atoms with Crippen LogP contribution in [0.25, 0.3) is 0 Å². The van der Waals surface area contributed by atoms with E-state index in [9.17, 15) is 119 Å². The number of ether oxygens (including phenoxy) is 2. The average Bonchev–Trinajstić information content (AvgIpc) is 2.99. The Morgan fingerprint density at radius 3 is 0.889 bits per heavy atom. The van der Waals surface area contributed by atoms with Crippen LogP contribution < -0.4 is 0 Å². The Kier molecular flexibility index (Phi) is 10.3. The quantitative estimate of drug-likeness (QED) is 0.201. The molecule has 0 aliphatic carbocycles. The molecule has 266 valence electrons. The van der Waals surface area contributed by atoms with Gasteiger partial charge in [0.1, 0.15) is 0 Å². The van der Waals surface area contributed by atoms with E-state index in [-0.39, 0.29) is 29.6 Å². The van der Waals surface area contributed by atoms with Gasteiger partial charge in [-0.2, -0.15) is 119 Å². The second kappa shape index (κ2) is 10.5. The molecule has 1 aliphatic rings. The average molecular weight is 754 g/mol. The van der Waals surface area contributed by atoms with E-state index in [2.05, 4.69) is 0 Å². The van der Waals surface area contributed by atoms with Crippen LogP contribution in [0.5, 0.6) is 0 Å². The van der Waals surface area contributed by atoms with Gasteiger partial charge in [0.25, 0.3) is 0 Å². The molecular weight excluding hydrogens is 752 g/mol. The summed E-state index contributed by atoms with van der Waals surface area (Å²) in [7, 11) is 0. The van der Waals surface area contributed by atoms with Gasteiger partial charge >= 0.3 is 113 Å². The maximum atomic E-state index is 14.5. The Balaban J connectivity index is 0.0000194. The third-order valence-corrected chi connectivity index (χ3v) is 5.22. The van der Waals surface area contributed by atoms with Crippen molar-refractivity contribution in [3.63, 3.8) is 0 Å². The standard InChI is InChI=1S/C14HF27O3.Na.H/c15-1(16,3(19,20)7(27,28)11(32,33)34)5(23,24)9(31)14(40,41)44-10(43-9,13(38,39)42)6(25,26)2(17,18)4(21,22)8(29,30)12(35,36)37;;/h42H;;. The Labute approximate surface area is 246 Å². The third-order valence-electron chi connectivity index (χ3n) is 5.22. The number of halogens is 27. The predicted molar refractivity (Wildman–Crippen MR) is 79.7 cm³/mol. The fourth-order valence-corrected chi connectivity index (χ4v) is 2.76. The van der Waals surface area contributed by atoms with E-state index >= 15 is 0 Å². The molecule has 0 bridgehead atoms. The molecule has 1 aliphatic heterocycles. The third kappa shape index (κ3) is 5.10. The first-order valence-corrected chi connectivity index (χ1v) is 9.14. The normalized spacial score (nSPS) is 25.3. The van der Waals surface area contributed by atoms with Gasteiger partial charge in [-0.25, -0.2) is 0 Å². The summed E-state index contributed by atoms with van der Waals surface area (Å²) < 4.78 is 361. The summed E-state index contributed by atoms with van der Waals surface area (Å²) in [5, 5.41) is 8.22. The molecule has 0 aromatic carbocycles. The Bertz CT molecular complexity index is 1100. The van der Waals surface area contributed by atoms with E-state index in [4.69, 9.17) is 5.11 Å². The van der Waals surface area contributed by atoms with Crippen LogP contribution in [0.15, 0.2) is 0 Å². The van der Waals surface area contributed by atoms with E-state index in [0.717, 1.165) is 0 Å². The summed E-state index contributed by atoms with van der Waals surface area (Å²) in [6, 6.07) is 0. The van der Waals surface area contributed by atoms with E-state index < -0.39 is 83.6 Å². The van der Waals surface area contributed by atoms with Crippen molar-refractivity contribution < 1.29 is 133 Å². The number of hydrogen-bond acceptors (Lipinski definition) is 3. The van der Waals surface area contributed by atoms with Gasteiger partial charge in [0, 0.05) is 0 Å². The first-order valence-electron chi connectivity index (χ1n) is 9.14. The molecule has 0 saturated carbocycles. The van der Waals surface area contributed by atoms with E-state index in [0.29, 0.717) is 0 Å². The first-order chi connectivity index (χ1) is 18.4. The molecule has 31 heteroatoms. The number of alkyl halides is 27.